The fraction of sp³-hybridized carbons (Fsp3) is 0.833. The lowest BCUT2D eigenvalue weighted by Crippen LogP contribution is -2.14. The monoisotopic (exact) mass is 232 g/mol. The van der Waals surface area contributed by atoms with Crippen LogP contribution in [-0.2, 0) is 0 Å². The first-order chi connectivity index (χ1) is 6.52. The van der Waals surface area contributed by atoms with Crippen LogP contribution in [-0.4, -0.2) is 17.5 Å². The Morgan fingerprint density at radius 1 is 1.14 bits per heavy atom. The second-order valence-corrected chi connectivity index (χ2v) is 8.10. The van der Waals surface area contributed by atoms with Crippen molar-refractivity contribution >= 4 is 17.2 Å². The van der Waals surface area contributed by atoms with Crippen molar-refractivity contribution in [3.8, 4) is 0 Å². The maximum atomic E-state index is 3.03. The molecule has 0 aliphatic carbocycles. The molecule has 0 bridgehead atoms. The van der Waals surface area contributed by atoms with Gasteiger partial charge in [0, 0.05) is 5.16 Å². The van der Waals surface area contributed by atoms with Gasteiger partial charge in [0.05, 0.1) is 0 Å². The molecule has 2 heteroatoms. The molecule has 0 aromatic heterocycles. The summed E-state index contributed by atoms with van der Waals surface area (Å²) in [6.07, 6.45) is 7.63. The minimum atomic E-state index is 0.155. The van der Waals surface area contributed by atoms with Crippen molar-refractivity contribution in [1.82, 2.24) is 0 Å². The van der Waals surface area contributed by atoms with Crippen LogP contribution in [0.4, 0.5) is 0 Å². The predicted octanol–water partition coefficient (Wildman–Crippen LogP) is 4.85. The fourth-order valence-electron chi connectivity index (χ4n) is 1.68. The van der Waals surface area contributed by atoms with E-state index in [0.717, 1.165) is 0 Å². The van der Waals surface area contributed by atoms with Gasteiger partial charge in [-0.3, -0.25) is 0 Å². The first kappa shape index (κ1) is 14.6. The summed E-state index contributed by atoms with van der Waals surface area (Å²) in [6.45, 7) is 11.5. The molecule has 14 heavy (non-hydrogen) atoms. The van der Waals surface area contributed by atoms with Gasteiger partial charge in [-0.1, -0.05) is 47.0 Å². The summed E-state index contributed by atoms with van der Waals surface area (Å²) in [5.41, 5.74) is 0. The molecule has 0 amide bonds. The molecular formula is C12H26P2. The van der Waals surface area contributed by atoms with Crippen molar-refractivity contribution in [3.63, 3.8) is 0 Å². The van der Waals surface area contributed by atoms with Crippen LogP contribution in [0.25, 0.3) is 0 Å². The molecule has 0 rings (SSSR count). The molecule has 1 unspecified atom stereocenters. The summed E-state index contributed by atoms with van der Waals surface area (Å²) in [5, 5.41) is 2.00. The van der Waals surface area contributed by atoms with Gasteiger partial charge in [0.2, 0.25) is 0 Å². The highest BCUT2D eigenvalue weighted by molar-refractivity contribution is 7.61. The van der Waals surface area contributed by atoms with E-state index >= 15 is 0 Å². The van der Waals surface area contributed by atoms with E-state index < -0.39 is 0 Å². The van der Waals surface area contributed by atoms with Crippen LogP contribution in [0.3, 0.4) is 0 Å². The van der Waals surface area contributed by atoms with E-state index in [2.05, 4.69) is 49.9 Å². The topological polar surface area (TPSA) is 0 Å². The Kier molecular flexibility index (Phi) is 7.27. The Balaban J connectivity index is 4.61. The zero-order chi connectivity index (χ0) is 11.2. The van der Waals surface area contributed by atoms with E-state index in [9.17, 15) is 0 Å². The van der Waals surface area contributed by atoms with E-state index in [4.69, 9.17) is 0 Å². The van der Waals surface area contributed by atoms with E-state index in [0.29, 0.717) is 5.16 Å². The van der Waals surface area contributed by atoms with E-state index in [1.54, 1.807) is 5.31 Å². The standard InChI is InChI=1S/C12H26P2/c1-6-12(13,7-2)10-11(5)14(8-3)9-4/h10H,6-9,13H2,1-5H3/b11-10+. The molecule has 0 fully saturated rings. The Hall–Kier alpha value is 0.600. The summed E-state index contributed by atoms with van der Waals surface area (Å²) < 4.78 is 0. The van der Waals surface area contributed by atoms with Gasteiger partial charge < -0.3 is 0 Å². The smallest absolute Gasteiger partial charge is 0.00279 e. The van der Waals surface area contributed by atoms with Gasteiger partial charge in [0.15, 0.2) is 0 Å². The van der Waals surface area contributed by atoms with Crippen molar-refractivity contribution in [2.75, 3.05) is 12.3 Å². The Morgan fingerprint density at radius 2 is 1.57 bits per heavy atom. The second kappa shape index (κ2) is 6.97. The summed E-state index contributed by atoms with van der Waals surface area (Å²) in [6, 6.07) is 0. The van der Waals surface area contributed by atoms with E-state index in [1.807, 2.05) is 0 Å². The van der Waals surface area contributed by atoms with Crippen LogP contribution in [0.1, 0.15) is 47.5 Å². The van der Waals surface area contributed by atoms with Gasteiger partial charge in [-0.2, -0.15) is 0 Å². The summed E-state index contributed by atoms with van der Waals surface area (Å²) in [4.78, 5) is 0. The first-order valence-corrected chi connectivity index (χ1v) is 8.05. The van der Waals surface area contributed by atoms with E-state index in [1.165, 1.54) is 25.2 Å². The zero-order valence-electron chi connectivity index (χ0n) is 10.4. The maximum Gasteiger partial charge on any atom is 0.00279 e. The maximum absolute atomic E-state index is 3.03. The van der Waals surface area contributed by atoms with Crippen LogP contribution in [0, 0.1) is 0 Å². The summed E-state index contributed by atoms with van der Waals surface area (Å²) in [5.74, 6) is 0. The second-order valence-electron chi connectivity index (χ2n) is 3.90. The van der Waals surface area contributed by atoms with E-state index in [-0.39, 0.29) is 7.92 Å². The highest BCUT2D eigenvalue weighted by atomic mass is 31.1. The van der Waals surface area contributed by atoms with Crippen LogP contribution < -0.4 is 0 Å². The van der Waals surface area contributed by atoms with Crippen LogP contribution >= 0.6 is 17.2 Å². The first-order valence-electron chi connectivity index (χ1n) is 5.76. The van der Waals surface area contributed by atoms with Crippen LogP contribution in [0.2, 0.25) is 0 Å². The van der Waals surface area contributed by atoms with Crippen LogP contribution in [0.5, 0.6) is 0 Å². The molecule has 84 valence electrons. The highest BCUT2D eigenvalue weighted by Crippen LogP contribution is 2.46. The largest absolute Gasteiger partial charge is 0.127 e. The highest BCUT2D eigenvalue weighted by Gasteiger charge is 2.18. The average Bonchev–Trinajstić information content (AvgIpc) is 2.19. The SMILES string of the molecule is CCP(CC)/C(C)=C/C(P)(CC)CC. The van der Waals surface area contributed by atoms with Gasteiger partial charge in [-0.15, -0.1) is 9.24 Å². The number of hydrogen-bond donors (Lipinski definition) is 0. The molecule has 0 saturated carbocycles. The van der Waals surface area contributed by atoms with Gasteiger partial charge >= 0.3 is 0 Å². The average molecular weight is 232 g/mol. The molecule has 0 aromatic carbocycles. The molecule has 0 radical (unpaired) electrons. The molecule has 0 nitrogen and oxygen atoms in total. The molecule has 0 heterocycles. The zero-order valence-corrected chi connectivity index (χ0v) is 12.5. The predicted molar refractivity (Wildman–Crippen MR) is 74.8 cm³/mol. The molecule has 0 aliphatic rings. The van der Waals surface area contributed by atoms with Crippen molar-refractivity contribution in [3.05, 3.63) is 11.4 Å². The molecule has 1 atom stereocenters. The molecule has 0 aliphatic heterocycles. The number of rotatable bonds is 6. The quantitative estimate of drug-likeness (QED) is 0.574. The minimum absolute atomic E-state index is 0.155. The Morgan fingerprint density at radius 3 is 1.86 bits per heavy atom. The van der Waals surface area contributed by atoms with Crippen LogP contribution in [0.15, 0.2) is 11.4 Å². The lowest BCUT2D eigenvalue weighted by atomic mass is 10.0. The third kappa shape index (κ3) is 4.41. The van der Waals surface area contributed by atoms with Gasteiger partial charge in [0.1, 0.15) is 0 Å². The van der Waals surface area contributed by atoms with Gasteiger partial charge in [-0.05, 0) is 32.1 Å². The van der Waals surface area contributed by atoms with Crippen molar-refractivity contribution < 1.29 is 0 Å². The van der Waals surface area contributed by atoms with Crippen molar-refractivity contribution in [2.45, 2.75) is 52.6 Å². The third-order valence-electron chi connectivity index (χ3n) is 3.08. The van der Waals surface area contributed by atoms with Gasteiger partial charge in [0.25, 0.3) is 0 Å². The molecular weight excluding hydrogens is 206 g/mol. The molecule has 0 N–H and O–H groups in total. The summed E-state index contributed by atoms with van der Waals surface area (Å²) >= 11 is 0. The lowest BCUT2D eigenvalue weighted by Gasteiger charge is -2.25. The Labute approximate surface area is 93.9 Å². The number of hydrogen-bond acceptors (Lipinski definition) is 0. The van der Waals surface area contributed by atoms with Crippen molar-refractivity contribution in [1.29, 1.82) is 0 Å². The third-order valence-corrected chi connectivity index (χ3v) is 6.71. The number of allylic oxidation sites excluding steroid dienone is 2. The molecule has 0 spiro atoms. The van der Waals surface area contributed by atoms with Gasteiger partial charge in [-0.25, -0.2) is 0 Å². The fourth-order valence-corrected chi connectivity index (χ4v) is 3.96. The normalized spacial score (nSPS) is 13.8. The molecule has 0 saturated heterocycles. The lowest BCUT2D eigenvalue weighted by molar-refractivity contribution is 0.658. The van der Waals surface area contributed by atoms with Crippen molar-refractivity contribution in [2.24, 2.45) is 0 Å². The Bertz CT molecular complexity index is 177. The molecule has 0 aromatic rings. The summed E-state index contributed by atoms with van der Waals surface area (Å²) in [7, 11) is 3.19. The minimum Gasteiger partial charge on any atom is -0.127 e.